The molecule has 1 aliphatic heterocycles. The van der Waals surface area contributed by atoms with Gasteiger partial charge in [-0.2, -0.15) is 0 Å². The third-order valence-electron chi connectivity index (χ3n) is 5.78. The molecule has 0 aliphatic carbocycles. The molecule has 0 spiro atoms. The molecule has 0 unspecified atom stereocenters. The lowest BCUT2D eigenvalue weighted by atomic mass is 9.94. The van der Waals surface area contributed by atoms with Gasteiger partial charge in [-0.25, -0.2) is 0 Å². The summed E-state index contributed by atoms with van der Waals surface area (Å²) in [5.41, 5.74) is 2.82. The molecule has 1 atom stereocenters. The molecular weight excluding hydrogens is 398 g/mol. The quantitative estimate of drug-likeness (QED) is 0.654. The number of likely N-dealkylation sites (tertiary alicyclic amines) is 1. The maximum Gasteiger partial charge on any atom is 0.259 e. The molecule has 1 N–H and O–H groups in total. The van der Waals surface area contributed by atoms with Gasteiger partial charge in [-0.3, -0.25) is 14.7 Å². The molecule has 5 nitrogen and oxygen atoms in total. The zero-order chi connectivity index (χ0) is 21.1. The number of halogens is 1. The molecular formula is C24H26ClN3O2. The summed E-state index contributed by atoms with van der Waals surface area (Å²) in [5, 5.41) is 11.5. The van der Waals surface area contributed by atoms with Gasteiger partial charge in [0.05, 0.1) is 18.2 Å². The van der Waals surface area contributed by atoms with Gasteiger partial charge >= 0.3 is 0 Å². The fourth-order valence-electron chi connectivity index (χ4n) is 4.31. The topological polar surface area (TPSA) is 58.4 Å². The Bertz CT molecular complexity index is 1080. The highest BCUT2D eigenvalue weighted by molar-refractivity contribution is 6.30. The molecule has 1 aliphatic rings. The molecule has 6 heteroatoms. The highest BCUT2D eigenvalue weighted by Crippen LogP contribution is 2.35. The fraction of sp³-hybridized carbons (Fsp3) is 0.333. The van der Waals surface area contributed by atoms with Crippen molar-refractivity contribution in [2.45, 2.75) is 38.8 Å². The first-order valence-corrected chi connectivity index (χ1v) is 10.7. The Morgan fingerprint density at radius 2 is 1.93 bits per heavy atom. The number of benzene rings is 1. The van der Waals surface area contributed by atoms with E-state index < -0.39 is 0 Å². The zero-order valence-electron chi connectivity index (χ0n) is 17.1. The van der Waals surface area contributed by atoms with Crippen LogP contribution in [0.3, 0.4) is 0 Å². The van der Waals surface area contributed by atoms with Crippen LogP contribution in [0.4, 0.5) is 0 Å². The predicted octanol–water partition coefficient (Wildman–Crippen LogP) is 4.53. The summed E-state index contributed by atoms with van der Waals surface area (Å²) < 4.78 is 1.72. The van der Waals surface area contributed by atoms with Gasteiger partial charge in [0.2, 0.25) is 0 Å². The van der Waals surface area contributed by atoms with E-state index in [-0.39, 0.29) is 17.4 Å². The minimum Gasteiger partial charge on any atom is -0.507 e. The van der Waals surface area contributed by atoms with Crippen molar-refractivity contribution >= 4 is 11.6 Å². The van der Waals surface area contributed by atoms with Crippen LogP contribution in [0, 0.1) is 6.92 Å². The van der Waals surface area contributed by atoms with E-state index in [2.05, 4.69) is 9.88 Å². The largest absolute Gasteiger partial charge is 0.507 e. The molecule has 1 fully saturated rings. The Morgan fingerprint density at radius 1 is 1.13 bits per heavy atom. The lowest BCUT2D eigenvalue weighted by Gasteiger charge is -2.35. The fourth-order valence-corrected chi connectivity index (χ4v) is 4.51. The van der Waals surface area contributed by atoms with E-state index in [1.54, 1.807) is 23.0 Å². The SMILES string of the molecule is Cc1cc(O)c([C@H](c2cccc(Cl)c2)N2CCCCC2)c(=O)n1Cc1cccnc1. The van der Waals surface area contributed by atoms with Gasteiger partial charge in [0, 0.05) is 23.1 Å². The van der Waals surface area contributed by atoms with Crippen LogP contribution in [0.5, 0.6) is 5.75 Å². The Balaban J connectivity index is 1.85. The molecule has 1 aromatic carbocycles. The van der Waals surface area contributed by atoms with Crippen molar-refractivity contribution in [2.24, 2.45) is 0 Å². The summed E-state index contributed by atoms with van der Waals surface area (Å²) in [6.07, 6.45) is 6.81. The van der Waals surface area contributed by atoms with Crippen molar-refractivity contribution in [3.63, 3.8) is 0 Å². The molecule has 4 rings (SSSR count). The van der Waals surface area contributed by atoms with E-state index >= 15 is 0 Å². The monoisotopic (exact) mass is 423 g/mol. The van der Waals surface area contributed by atoms with Crippen LogP contribution in [-0.4, -0.2) is 32.6 Å². The lowest BCUT2D eigenvalue weighted by Crippen LogP contribution is -2.38. The summed E-state index contributed by atoms with van der Waals surface area (Å²) in [4.78, 5) is 20.1. The first-order valence-electron chi connectivity index (χ1n) is 10.4. The average molecular weight is 424 g/mol. The van der Waals surface area contributed by atoms with Gasteiger partial charge in [0.25, 0.3) is 5.56 Å². The highest BCUT2D eigenvalue weighted by Gasteiger charge is 2.30. The Hall–Kier alpha value is -2.63. The Kier molecular flexibility index (Phi) is 6.21. The van der Waals surface area contributed by atoms with Gasteiger partial charge in [0.15, 0.2) is 0 Å². The standard InChI is InChI=1S/C24H26ClN3O2/c1-17-13-21(29)22(24(30)28(17)16-18-7-6-10-26-15-18)23(27-11-3-2-4-12-27)19-8-5-9-20(25)14-19/h5-10,13-15,23,29H,2-4,11-12,16H2,1H3/t23-/m0/s1. The van der Waals surface area contributed by atoms with Crippen molar-refractivity contribution in [1.82, 2.24) is 14.5 Å². The summed E-state index contributed by atoms with van der Waals surface area (Å²) >= 11 is 6.29. The smallest absolute Gasteiger partial charge is 0.259 e. The van der Waals surface area contributed by atoms with Crippen molar-refractivity contribution in [3.05, 3.63) is 92.6 Å². The Morgan fingerprint density at radius 3 is 2.63 bits per heavy atom. The van der Waals surface area contributed by atoms with Gasteiger partial charge in [-0.1, -0.05) is 36.2 Å². The first kappa shape index (κ1) is 20.6. The minimum absolute atomic E-state index is 0.0375. The molecule has 30 heavy (non-hydrogen) atoms. The summed E-state index contributed by atoms with van der Waals surface area (Å²) in [6, 6.07) is 12.8. The number of hydrogen-bond donors (Lipinski definition) is 1. The molecule has 0 amide bonds. The second kappa shape index (κ2) is 9.02. The van der Waals surface area contributed by atoms with Crippen molar-refractivity contribution in [1.29, 1.82) is 0 Å². The second-order valence-corrected chi connectivity index (χ2v) is 8.33. The highest BCUT2D eigenvalue weighted by atomic mass is 35.5. The number of aromatic nitrogens is 2. The third-order valence-corrected chi connectivity index (χ3v) is 6.02. The normalized spacial score (nSPS) is 15.8. The summed E-state index contributed by atoms with van der Waals surface area (Å²) in [5.74, 6) is 0.0375. The molecule has 3 heterocycles. The number of aromatic hydroxyl groups is 1. The molecule has 2 aromatic heterocycles. The van der Waals surface area contributed by atoms with E-state index in [0.717, 1.165) is 37.1 Å². The lowest BCUT2D eigenvalue weighted by molar-refractivity contribution is 0.183. The predicted molar refractivity (Wildman–Crippen MR) is 119 cm³/mol. The van der Waals surface area contributed by atoms with Crippen LogP contribution < -0.4 is 5.56 Å². The van der Waals surface area contributed by atoms with Gasteiger partial charge in [0.1, 0.15) is 5.75 Å². The molecule has 0 saturated carbocycles. The van der Waals surface area contributed by atoms with E-state index in [4.69, 9.17) is 11.6 Å². The third kappa shape index (κ3) is 4.27. The second-order valence-electron chi connectivity index (χ2n) is 7.89. The van der Waals surface area contributed by atoms with Gasteiger partial charge < -0.3 is 9.67 Å². The molecule has 0 bridgehead atoms. The van der Waals surface area contributed by atoms with Crippen LogP contribution in [-0.2, 0) is 6.54 Å². The molecule has 156 valence electrons. The number of hydrogen-bond acceptors (Lipinski definition) is 4. The number of aryl methyl sites for hydroxylation is 1. The molecule has 3 aromatic rings. The van der Waals surface area contributed by atoms with E-state index in [1.807, 2.05) is 43.3 Å². The summed E-state index contributed by atoms with van der Waals surface area (Å²) in [7, 11) is 0. The van der Waals surface area contributed by atoms with E-state index in [0.29, 0.717) is 22.8 Å². The number of pyridine rings is 2. The van der Waals surface area contributed by atoms with Crippen molar-refractivity contribution in [3.8, 4) is 5.75 Å². The minimum atomic E-state index is -0.336. The Labute approximate surface area is 181 Å². The number of rotatable bonds is 5. The maximum atomic E-state index is 13.7. The number of nitrogens with zero attached hydrogens (tertiary/aromatic N) is 3. The van der Waals surface area contributed by atoms with Crippen molar-refractivity contribution in [2.75, 3.05) is 13.1 Å². The molecule has 0 radical (unpaired) electrons. The van der Waals surface area contributed by atoms with Crippen LogP contribution in [0.15, 0.2) is 59.7 Å². The summed E-state index contributed by atoms with van der Waals surface area (Å²) in [6.45, 7) is 4.02. The van der Waals surface area contributed by atoms with Crippen LogP contribution in [0.2, 0.25) is 5.02 Å². The zero-order valence-corrected chi connectivity index (χ0v) is 17.8. The van der Waals surface area contributed by atoms with Crippen molar-refractivity contribution < 1.29 is 5.11 Å². The number of piperidine rings is 1. The van der Waals surface area contributed by atoms with Crippen LogP contribution >= 0.6 is 11.6 Å². The molecule has 1 saturated heterocycles. The van der Waals surface area contributed by atoms with E-state index in [1.165, 1.54) is 6.42 Å². The van der Waals surface area contributed by atoms with Crippen LogP contribution in [0.1, 0.15) is 47.7 Å². The maximum absolute atomic E-state index is 13.7. The van der Waals surface area contributed by atoms with E-state index in [9.17, 15) is 9.90 Å². The van der Waals surface area contributed by atoms with Crippen LogP contribution in [0.25, 0.3) is 0 Å². The first-order chi connectivity index (χ1) is 14.5. The average Bonchev–Trinajstić information content (AvgIpc) is 2.75. The van der Waals surface area contributed by atoms with Gasteiger partial charge in [-0.15, -0.1) is 0 Å². The van der Waals surface area contributed by atoms with Gasteiger partial charge in [-0.05, 0) is 68.2 Å².